The minimum atomic E-state index is -0.210. The molecule has 1 aliphatic rings. The van der Waals surface area contributed by atoms with E-state index >= 15 is 0 Å². The predicted molar refractivity (Wildman–Crippen MR) is 88.1 cm³/mol. The van der Waals surface area contributed by atoms with E-state index in [2.05, 4.69) is 5.32 Å². The highest BCUT2D eigenvalue weighted by atomic mass is 16.2. The van der Waals surface area contributed by atoms with E-state index in [-0.39, 0.29) is 18.4 Å². The van der Waals surface area contributed by atoms with Crippen molar-refractivity contribution in [3.05, 3.63) is 59.9 Å². The third-order valence-electron chi connectivity index (χ3n) is 4.12. The first-order valence-corrected chi connectivity index (χ1v) is 7.99. The lowest BCUT2D eigenvalue weighted by molar-refractivity contribution is -0.129. The van der Waals surface area contributed by atoms with Crippen LogP contribution in [-0.2, 0) is 11.3 Å². The fourth-order valence-corrected chi connectivity index (χ4v) is 2.86. The van der Waals surface area contributed by atoms with Crippen molar-refractivity contribution in [1.29, 1.82) is 0 Å². The Labute approximate surface area is 135 Å². The number of benzene rings is 1. The van der Waals surface area contributed by atoms with E-state index in [1.807, 2.05) is 52.1 Å². The summed E-state index contributed by atoms with van der Waals surface area (Å²) in [5, 5.41) is 2.74. The molecule has 1 fully saturated rings. The number of carbonyl (C=O) groups excluding carboxylic acids is 2. The van der Waals surface area contributed by atoms with Crippen LogP contribution in [0.5, 0.6) is 0 Å². The maximum absolute atomic E-state index is 12.3. The molecule has 1 aromatic carbocycles. The quantitative estimate of drug-likeness (QED) is 0.917. The Hall–Kier alpha value is -2.56. The third-order valence-corrected chi connectivity index (χ3v) is 4.12. The van der Waals surface area contributed by atoms with Gasteiger partial charge < -0.3 is 14.8 Å². The zero-order valence-electron chi connectivity index (χ0n) is 13.1. The topological polar surface area (TPSA) is 54.3 Å². The Balaban J connectivity index is 1.59. The van der Waals surface area contributed by atoms with Crippen LogP contribution in [0.4, 0.5) is 0 Å². The number of hydrogen-bond acceptors (Lipinski definition) is 2. The van der Waals surface area contributed by atoms with Gasteiger partial charge >= 0.3 is 0 Å². The molecule has 120 valence electrons. The minimum absolute atomic E-state index is 0.00276. The highest BCUT2D eigenvalue weighted by Gasteiger charge is 2.19. The second-order valence-corrected chi connectivity index (χ2v) is 5.78. The summed E-state index contributed by atoms with van der Waals surface area (Å²) in [5.41, 5.74) is 1.70. The molecule has 0 spiro atoms. The summed E-state index contributed by atoms with van der Waals surface area (Å²) in [6, 6.07) is 13.6. The average Bonchev–Trinajstić information content (AvgIpc) is 3.25. The number of carbonyl (C=O) groups is 2. The first-order valence-electron chi connectivity index (χ1n) is 7.99. The highest BCUT2D eigenvalue weighted by Crippen LogP contribution is 2.09. The van der Waals surface area contributed by atoms with Gasteiger partial charge in [0.1, 0.15) is 5.69 Å². The van der Waals surface area contributed by atoms with Gasteiger partial charge in [-0.05, 0) is 30.5 Å². The number of aromatic nitrogens is 1. The van der Waals surface area contributed by atoms with Gasteiger partial charge in [0.15, 0.2) is 0 Å². The lowest BCUT2D eigenvalue weighted by atomic mass is 10.2. The minimum Gasteiger partial charge on any atom is -0.342 e. The normalized spacial score (nSPS) is 14.0. The van der Waals surface area contributed by atoms with E-state index in [4.69, 9.17) is 0 Å². The molecule has 1 aromatic heterocycles. The van der Waals surface area contributed by atoms with Crippen LogP contribution >= 0.6 is 0 Å². The molecule has 2 heterocycles. The first kappa shape index (κ1) is 15.3. The molecule has 0 atom stereocenters. The Bertz CT molecular complexity index is 673. The molecule has 1 N–H and O–H groups in total. The van der Waals surface area contributed by atoms with Gasteiger partial charge in [-0.2, -0.15) is 0 Å². The molecule has 0 saturated carbocycles. The molecule has 0 unspecified atom stereocenters. The van der Waals surface area contributed by atoms with Crippen LogP contribution in [0.3, 0.4) is 0 Å². The highest BCUT2D eigenvalue weighted by molar-refractivity contribution is 5.95. The molecular weight excluding hydrogens is 290 g/mol. The number of amides is 2. The largest absolute Gasteiger partial charge is 0.342 e. The van der Waals surface area contributed by atoms with Crippen molar-refractivity contribution in [2.75, 3.05) is 19.6 Å². The molecule has 1 aliphatic heterocycles. The Morgan fingerprint density at radius 1 is 1.00 bits per heavy atom. The van der Waals surface area contributed by atoms with Crippen LogP contribution in [0.2, 0.25) is 0 Å². The van der Waals surface area contributed by atoms with Crippen molar-refractivity contribution in [3.8, 4) is 0 Å². The average molecular weight is 311 g/mol. The number of nitrogens with zero attached hydrogens (tertiary/aromatic N) is 2. The lowest BCUT2D eigenvalue weighted by Crippen LogP contribution is -2.39. The predicted octanol–water partition coefficient (Wildman–Crippen LogP) is 1.89. The zero-order chi connectivity index (χ0) is 16.1. The van der Waals surface area contributed by atoms with Crippen LogP contribution < -0.4 is 5.32 Å². The van der Waals surface area contributed by atoms with Crippen molar-refractivity contribution in [2.45, 2.75) is 19.4 Å². The summed E-state index contributed by atoms with van der Waals surface area (Å²) in [6.07, 6.45) is 3.99. The van der Waals surface area contributed by atoms with Gasteiger partial charge in [0, 0.05) is 25.8 Å². The maximum Gasteiger partial charge on any atom is 0.268 e. The fraction of sp³-hybridized carbons (Fsp3) is 0.333. The van der Waals surface area contributed by atoms with Gasteiger partial charge in [-0.3, -0.25) is 9.59 Å². The zero-order valence-corrected chi connectivity index (χ0v) is 13.1. The van der Waals surface area contributed by atoms with Crippen molar-refractivity contribution >= 4 is 11.8 Å². The summed E-state index contributed by atoms with van der Waals surface area (Å²) in [4.78, 5) is 26.1. The Morgan fingerprint density at radius 3 is 2.48 bits per heavy atom. The summed E-state index contributed by atoms with van der Waals surface area (Å²) < 4.78 is 1.89. The maximum atomic E-state index is 12.3. The van der Waals surface area contributed by atoms with Crippen LogP contribution in [-0.4, -0.2) is 40.9 Å². The summed E-state index contributed by atoms with van der Waals surface area (Å²) >= 11 is 0. The van der Waals surface area contributed by atoms with Gasteiger partial charge in [-0.25, -0.2) is 0 Å². The monoisotopic (exact) mass is 311 g/mol. The van der Waals surface area contributed by atoms with E-state index in [9.17, 15) is 9.59 Å². The molecule has 3 rings (SSSR count). The van der Waals surface area contributed by atoms with Crippen LogP contribution in [0.25, 0.3) is 0 Å². The van der Waals surface area contributed by atoms with E-state index in [0.29, 0.717) is 12.2 Å². The molecule has 1 saturated heterocycles. The molecule has 2 aromatic rings. The fourth-order valence-electron chi connectivity index (χ4n) is 2.86. The number of hydrogen-bond donors (Lipinski definition) is 1. The molecule has 0 aliphatic carbocycles. The summed E-state index contributed by atoms with van der Waals surface area (Å²) in [7, 11) is 0. The van der Waals surface area contributed by atoms with Crippen molar-refractivity contribution < 1.29 is 9.59 Å². The first-order chi connectivity index (χ1) is 11.2. The van der Waals surface area contributed by atoms with Gasteiger partial charge in [0.2, 0.25) is 5.91 Å². The molecule has 5 heteroatoms. The summed E-state index contributed by atoms with van der Waals surface area (Å²) in [6.45, 7) is 2.31. The van der Waals surface area contributed by atoms with Crippen molar-refractivity contribution in [3.63, 3.8) is 0 Å². The van der Waals surface area contributed by atoms with Gasteiger partial charge in [-0.1, -0.05) is 30.3 Å². The molecule has 5 nitrogen and oxygen atoms in total. The van der Waals surface area contributed by atoms with Gasteiger partial charge in [-0.15, -0.1) is 0 Å². The number of likely N-dealkylation sites (tertiary alicyclic amines) is 1. The van der Waals surface area contributed by atoms with E-state index in [0.717, 1.165) is 31.5 Å². The smallest absolute Gasteiger partial charge is 0.268 e. The van der Waals surface area contributed by atoms with Gasteiger partial charge in [0.25, 0.3) is 5.91 Å². The molecule has 0 bridgehead atoms. The molecule has 23 heavy (non-hydrogen) atoms. The van der Waals surface area contributed by atoms with E-state index < -0.39 is 0 Å². The lowest BCUT2D eigenvalue weighted by Gasteiger charge is -2.16. The van der Waals surface area contributed by atoms with E-state index in [1.54, 1.807) is 6.07 Å². The van der Waals surface area contributed by atoms with Crippen molar-refractivity contribution in [1.82, 2.24) is 14.8 Å². The second-order valence-electron chi connectivity index (χ2n) is 5.78. The third kappa shape index (κ3) is 3.80. The number of rotatable bonds is 5. The molecule has 2 amide bonds. The molecular formula is C18H21N3O2. The van der Waals surface area contributed by atoms with Crippen LogP contribution in [0.15, 0.2) is 48.7 Å². The summed E-state index contributed by atoms with van der Waals surface area (Å²) in [5.74, 6) is -0.213. The van der Waals surface area contributed by atoms with Crippen molar-refractivity contribution in [2.24, 2.45) is 0 Å². The van der Waals surface area contributed by atoms with Crippen LogP contribution in [0, 0.1) is 0 Å². The van der Waals surface area contributed by atoms with E-state index in [1.165, 1.54) is 0 Å². The number of nitrogens with one attached hydrogen (secondary N) is 1. The molecule has 0 radical (unpaired) electrons. The Morgan fingerprint density at radius 2 is 1.74 bits per heavy atom. The SMILES string of the molecule is O=C(NCC(=O)N1CCCC1)c1cccn1Cc1ccccc1. The van der Waals surface area contributed by atoms with Gasteiger partial charge in [0.05, 0.1) is 6.54 Å². The Kier molecular flexibility index (Phi) is 4.76. The second kappa shape index (κ2) is 7.13. The van der Waals surface area contributed by atoms with Crippen LogP contribution in [0.1, 0.15) is 28.9 Å². The standard InChI is InChI=1S/C18H21N3O2/c22-17(20-10-4-5-11-20)13-19-18(23)16-9-6-12-21(16)14-15-7-2-1-3-8-15/h1-3,6-9,12H,4-5,10-11,13-14H2,(H,19,23).